The third-order valence-corrected chi connectivity index (χ3v) is 4.20. The number of hydrogen-bond donors (Lipinski definition) is 2. The van der Waals surface area contributed by atoms with Gasteiger partial charge in [-0.3, -0.25) is 9.59 Å². The molecule has 0 aliphatic rings. The first-order valence-corrected chi connectivity index (χ1v) is 7.65. The van der Waals surface area contributed by atoms with Crippen molar-refractivity contribution in [2.75, 3.05) is 0 Å². The van der Waals surface area contributed by atoms with Gasteiger partial charge in [0, 0.05) is 9.99 Å². The van der Waals surface area contributed by atoms with Crippen LogP contribution >= 0.6 is 22.6 Å². The first-order valence-electron chi connectivity index (χ1n) is 6.57. The second kappa shape index (κ2) is 7.35. The Bertz CT molecular complexity index is 706. The molecule has 0 aromatic heterocycles. The molecule has 114 valence electrons. The van der Waals surface area contributed by atoms with Crippen molar-refractivity contribution in [3.8, 4) is 0 Å². The van der Waals surface area contributed by atoms with E-state index in [1.165, 1.54) is 18.2 Å². The van der Waals surface area contributed by atoms with Gasteiger partial charge >= 0.3 is 0 Å². The van der Waals surface area contributed by atoms with Crippen molar-refractivity contribution in [1.82, 2.24) is 5.32 Å². The Balaban J connectivity index is 2.16. The van der Waals surface area contributed by atoms with E-state index >= 15 is 0 Å². The number of rotatable bonds is 5. The van der Waals surface area contributed by atoms with Crippen LogP contribution < -0.4 is 11.1 Å². The van der Waals surface area contributed by atoms with Crippen LogP contribution in [0.15, 0.2) is 48.5 Å². The maximum atomic E-state index is 13.6. The van der Waals surface area contributed by atoms with E-state index in [-0.39, 0.29) is 12.0 Å². The molecule has 0 unspecified atom stereocenters. The van der Waals surface area contributed by atoms with Crippen LogP contribution in [0.2, 0.25) is 0 Å². The Kier molecular flexibility index (Phi) is 5.48. The van der Waals surface area contributed by atoms with E-state index in [1.54, 1.807) is 6.07 Å². The smallest absolute Gasteiger partial charge is 0.254 e. The standard InChI is InChI=1S/C16H14FIN2O2/c17-12-7-3-2-6-11(12)16(22)20-14(15(19)21)9-10-5-1-4-8-13(10)18/h1-8,14H,9H2,(H2,19,21)(H,20,22)/t14-/m0/s1. The predicted molar refractivity (Wildman–Crippen MR) is 89.7 cm³/mol. The van der Waals surface area contributed by atoms with E-state index in [9.17, 15) is 14.0 Å². The van der Waals surface area contributed by atoms with Gasteiger partial charge in [0.1, 0.15) is 11.9 Å². The van der Waals surface area contributed by atoms with E-state index in [1.807, 2.05) is 24.3 Å². The fourth-order valence-corrected chi connectivity index (χ4v) is 2.60. The summed E-state index contributed by atoms with van der Waals surface area (Å²) in [5, 5.41) is 2.49. The highest BCUT2D eigenvalue weighted by atomic mass is 127. The normalized spacial score (nSPS) is 11.7. The lowest BCUT2D eigenvalue weighted by Gasteiger charge is -2.16. The van der Waals surface area contributed by atoms with Gasteiger partial charge in [0.05, 0.1) is 5.56 Å². The summed E-state index contributed by atoms with van der Waals surface area (Å²) in [6, 6.07) is 12.2. The number of primary amides is 1. The zero-order valence-corrected chi connectivity index (χ0v) is 13.7. The van der Waals surface area contributed by atoms with Crippen LogP contribution in [-0.2, 0) is 11.2 Å². The first-order chi connectivity index (χ1) is 10.5. The predicted octanol–water partition coefficient (Wildman–Crippen LogP) is 2.26. The first kappa shape index (κ1) is 16.4. The van der Waals surface area contributed by atoms with Gasteiger partial charge in [0.15, 0.2) is 0 Å². The van der Waals surface area contributed by atoms with Crippen LogP contribution in [0.4, 0.5) is 4.39 Å². The van der Waals surface area contributed by atoms with Gasteiger partial charge in [0.25, 0.3) is 5.91 Å². The minimum absolute atomic E-state index is 0.114. The number of carbonyl (C=O) groups excluding carboxylic acids is 2. The molecule has 0 spiro atoms. The van der Waals surface area contributed by atoms with Crippen LogP contribution in [0.3, 0.4) is 0 Å². The fraction of sp³-hybridized carbons (Fsp3) is 0.125. The summed E-state index contributed by atoms with van der Waals surface area (Å²) in [5.74, 6) is -1.96. The van der Waals surface area contributed by atoms with Crippen LogP contribution in [0.25, 0.3) is 0 Å². The maximum absolute atomic E-state index is 13.6. The maximum Gasteiger partial charge on any atom is 0.254 e. The molecule has 2 amide bonds. The van der Waals surface area contributed by atoms with E-state index in [0.29, 0.717) is 0 Å². The molecule has 0 saturated heterocycles. The van der Waals surface area contributed by atoms with Gasteiger partial charge in [-0.2, -0.15) is 0 Å². The van der Waals surface area contributed by atoms with Crippen molar-refractivity contribution in [2.45, 2.75) is 12.5 Å². The molecule has 2 aromatic rings. The summed E-state index contributed by atoms with van der Waals surface area (Å²) in [6.07, 6.45) is 0.259. The van der Waals surface area contributed by atoms with Gasteiger partial charge in [-0.15, -0.1) is 0 Å². The molecular weight excluding hydrogens is 398 g/mol. The summed E-state index contributed by atoms with van der Waals surface area (Å²) >= 11 is 2.14. The molecule has 6 heteroatoms. The molecule has 22 heavy (non-hydrogen) atoms. The van der Waals surface area contributed by atoms with Crippen LogP contribution in [0.1, 0.15) is 15.9 Å². The molecule has 1 atom stereocenters. The Morgan fingerprint density at radius 3 is 2.41 bits per heavy atom. The zero-order chi connectivity index (χ0) is 16.1. The largest absolute Gasteiger partial charge is 0.368 e. The minimum Gasteiger partial charge on any atom is -0.368 e. The van der Waals surface area contributed by atoms with Crippen molar-refractivity contribution in [2.24, 2.45) is 5.73 Å². The third kappa shape index (κ3) is 4.03. The summed E-state index contributed by atoms with van der Waals surface area (Å²) in [5.41, 5.74) is 6.12. The van der Waals surface area contributed by atoms with Crippen LogP contribution in [-0.4, -0.2) is 17.9 Å². The molecule has 0 radical (unpaired) electrons. The SMILES string of the molecule is NC(=O)[C@H](Cc1ccccc1I)NC(=O)c1ccccc1F. The van der Waals surface area contributed by atoms with Gasteiger partial charge in [-0.05, 0) is 46.4 Å². The number of nitrogens with two attached hydrogens (primary N) is 1. The lowest BCUT2D eigenvalue weighted by molar-refractivity contribution is -0.119. The number of hydrogen-bond acceptors (Lipinski definition) is 2. The fourth-order valence-electron chi connectivity index (χ4n) is 1.99. The second-order valence-corrected chi connectivity index (χ2v) is 5.87. The molecule has 0 aliphatic heterocycles. The van der Waals surface area contributed by atoms with Gasteiger partial charge in [-0.1, -0.05) is 30.3 Å². The number of carbonyl (C=O) groups is 2. The summed E-state index contributed by atoms with van der Waals surface area (Å²) < 4.78 is 14.6. The van der Waals surface area contributed by atoms with Crippen molar-refractivity contribution in [1.29, 1.82) is 0 Å². The van der Waals surface area contributed by atoms with E-state index in [4.69, 9.17) is 5.73 Å². The van der Waals surface area contributed by atoms with Crippen molar-refractivity contribution in [3.63, 3.8) is 0 Å². The number of amides is 2. The highest BCUT2D eigenvalue weighted by Gasteiger charge is 2.21. The molecule has 0 bridgehead atoms. The molecule has 2 aromatic carbocycles. The highest BCUT2D eigenvalue weighted by molar-refractivity contribution is 14.1. The average Bonchev–Trinajstić information content (AvgIpc) is 2.49. The molecular formula is C16H14FIN2O2. The zero-order valence-electron chi connectivity index (χ0n) is 11.6. The van der Waals surface area contributed by atoms with E-state index in [0.717, 1.165) is 9.13 Å². The second-order valence-electron chi connectivity index (χ2n) is 4.70. The molecule has 0 aliphatic carbocycles. The van der Waals surface area contributed by atoms with E-state index < -0.39 is 23.7 Å². The Labute approximate surface area is 141 Å². The van der Waals surface area contributed by atoms with Crippen molar-refractivity contribution < 1.29 is 14.0 Å². The van der Waals surface area contributed by atoms with Crippen molar-refractivity contribution in [3.05, 3.63) is 69.0 Å². The average molecular weight is 412 g/mol. The molecule has 0 saturated carbocycles. The number of benzene rings is 2. The van der Waals surface area contributed by atoms with Gasteiger partial charge in [0.2, 0.25) is 5.91 Å². The number of nitrogens with one attached hydrogen (secondary N) is 1. The monoisotopic (exact) mass is 412 g/mol. The Morgan fingerprint density at radius 1 is 1.14 bits per heavy atom. The molecule has 0 heterocycles. The lowest BCUT2D eigenvalue weighted by atomic mass is 10.0. The highest BCUT2D eigenvalue weighted by Crippen LogP contribution is 2.14. The van der Waals surface area contributed by atoms with Gasteiger partial charge in [-0.25, -0.2) is 4.39 Å². The quantitative estimate of drug-likeness (QED) is 0.740. The lowest BCUT2D eigenvalue weighted by Crippen LogP contribution is -2.46. The summed E-state index contributed by atoms with van der Waals surface area (Å²) in [4.78, 5) is 23.7. The van der Waals surface area contributed by atoms with Crippen molar-refractivity contribution >= 4 is 34.4 Å². The number of halogens is 2. The van der Waals surface area contributed by atoms with Gasteiger partial charge < -0.3 is 11.1 Å². The molecule has 0 fully saturated rings. The topological polar surface area (TPSA) is 72.2 Å². The minimum atomic E-state index is -0.900. The molecule has 3 N–H and O–H groups in total. The summed E-state index contributed by atoms with van der Waals surface area (Å²) in [6.45, 7) is 0. The molecule has 4 nitrogen and oxygen atoms in total. The molecule has 2 rings (SSSR count). The Hall–Kier alpha value is -1.96. The Morgan fingerprint density at radius 2 is 1.77 bits per heavy atom. The van der Waals surface area contributed by atoms with E-state index in [2.05, 4.69) is 27.9 Å². The third-order valence-electron chi connectivity index (χ3n) is 3.15. The van der Waals surface area contributed by atoms with Crippen LogP contribution in [0, 0.1) is 9.39 Å². The van der Waals surface area contributed by atoms with Crippen LogP contribution in [0.5, 0.6) is 0 Å². The summed E-state index contributed by atoms with van der Waals surface area (Å²) in [7, 11) is 0.